The number of alkyl halides is 1. The number of benzene rings is 1. The summed E-state index contributed by atoms with van der Waals surface area (Å²) in [7, 11) is 0. The van der Waals surface area contributed by atoms with E-state index in [4.69, 9.17) is 22.1 Å². The summed E-state index contributed by atoms with van der Waals surface area (Å²) in [5, 5.41) is 0.167. The Hall–Kier alpha value is -1.22. The van der Waals surface area contributed by atoms with Gasteiger partial charge in [0.05, 0.1) is 6.61 Å². The van der Waals surface area contributed by atoms with Crippen molar-refractivity contribution in [2.75, 3.05) is 6.61 Å². The van der Waals surface area contributed by atoms with Crippen molar-refractivity contribution in [3.63, 3.8) is 0 Å². The lowest BCUT2D eigenvalue weighted by atomic mass is 10.2. The number of primary amides is 1. The first-order chi connectivity index (χ1) is 7.59. The Morgan fingerprint density at radius 1 is 1.56 bits per heavy atom. The van der Waals surface area contributed by atoms with Gasteiger partial charge < -0.3 is 10.5 Å². The summed E-state index contributed by atoms with van der Waals surface area (Å²) in [6.07, 6.45) is 1.81. The molecule has 2 N–H and O–H groups in total. The van der Waals surface area contributed by atoms with Gasteiger partial charge in [0.1, 0.15) is 5.75 Å². The van der Waals surface area contributed by atoms with E-state index >= 15 is 0 Å². The van der Waals surface area contributed by atoms with Gasteiger partial charge in [-0.1, -0.05) is 6.07 Å². The molecule has 1 aromatic rings. The van der Waals surface area contributed by atoms with Crippen LogP contribution in [0.3, 0.4) is 0 Å². The van der Waals surface area contributed by atoms with Gasteiger partial charge in [0, 0.05) is 10.9 Å². The second kappa shape index (κ2) is 6.38. The third-order valence-corrected chi connectivity index (χ3v) is 2.35. The number of ether oxygens (including phenoxy) is 1. The average Bonchev–Trinajstić information content (AvgIpc) is 2.24. The minimum atomic E-state index is -0.445. The summed E-state index contributed by atoms with van der Waals surface area (Å²) in [5.41, 5.74) is 5.63. The molecule has 1 aromatic carbocycles. The van der Waals surface area contributed by atoms with Gasteiger partial charge >= 0.3 is 0 Å². The van der Waals surface area contributed by atoms with Crippen molar-refractivity contribution >= 4 is 17.5 Å². The monoisotopic (exact) mass is 241 g/mol. The number of amides is 1. The molecule has 0 radical (unpaired) electrons. The molecule has 0 saturated carbocycles. The highest BCUT2D eigenvalue weighted by molar-refractivity contribution is 6.20. The zero-order valence-corrected chi connectivity index (χ0v) is 10.0. The number of nitrogens with two attached hydrogens (primary N) is 1. The van der Waals surface area contributed by atoms with Crippen LogP contribution in [0.1, 0.15) is 30.1 Å². The number of halogens is 1. The van der Waals surface area contributed by atoms with Crippen molar-refractivity contribution in [1.82, 2.24) is 0 Å². The fraction of sp³-hybridized carbons (Fsp3) is 0.417. The van der Waals surface area contributed by atoms with E-state index in [0.717, 1.165) is 12.8 Å². The number of carbonyl (C=O) groups is 1. The summed E-state index contributed by atoms with van der Waals surface area (Å²) in [5.74, 6) is 0.221. The minimum absolute atomic E-state index is 0.167. The summed E-state index contributed by atoms with van der Waals surface area (Å²) in [6, 6.07) is 6.86. The van der Waals surface area contributed by atoms with Crippen LogP contribution in [0.15, 0.2) is 24.3 Å². The minimum Gasteiger partial charge on any atom is -0.494 e. The quantitative estimate of drug-likeness (QED) is 0.615. The Balaban J connectivity index is 2.42. The number of rotatable bonds is 6. The van der Waals surface area contributed by atoms with Gasteiger partial charge in [-0.25, -0.2) is 0 Å². The molecule has 0 aliphatic heterocycles. The van der Waals surface area contributed by atoms with E-state index in [-0.39, 0.29) is 5.38 Å². The van der Waals surface area contributed by atoms with Gasteiger partial charge in [-0.05, 0) is 38.0 Å². The summed E-state index contributed by atoms with van der Waals surface area (Å²) in [4.78, 5) is 10.9. The van der Waals surface area contributed by atoms with Crippen LogP contribution in [0.4, 0.5) is 0 Å². The molecule has 16 heavy (non-hydrogen) atoms. The van der Waals surface area contributed by atoms with Crippen molar-refractivity contribution < 1.29 is 9.53 Å². The van der Waals surface area contributed by atoms with Crippen molar-refractivity contribution in [3.05, 3.63) is 29.8 Å². The highest BCUT2D eigenvalue weighted by Crippen LogP contribution is 2.14. The molecule has 0 fully saturated rings. The van der Waals surface area contributed by atoms with Gasteiger partial charge in [-0.2, -0.15) is 0 Å². The first kappa shape index (κ1) is 12.8. The smallest absolute Gasteiger partial charge is 0.248 e. The maximum atomic E-state index is 10.9. The van der Waals surface area contributed by atoms with E-state index in [1.54, 1.807) is 24.3 Å². The lowest BCUT2D eigenvalue weighted by Gasteiger charge is -2.07. The Labute approximate surface area is 101 Å². The van der Waals surface area contributed by atoms with Crippen molar-refractivity contribution in [2.24, 2.45) is 5.73 Å². The molecule has 0 saturated heterocycles. The largest absolute Gasteiger partial charge is 0.494 e. The predicted octanol–water partition coefficient (Wildman–Crippen LogP) is 2.57. The van der Waals surface area contributed by atoms with Gasteiger partial charge in [0.15, 0.2) is 0 Å². The highest BCUT2D eigenvalue weighted by atomic mass is 35.5. The summed E-state index contributed by atoms with van der Waals surface area (Å²) < 4.78 is 5.48. The highest BCUT2D eigenvalue weighted by Gasteiger charge is 2.02. The van der Waals surface area contributed by atoms with E-state index in [9.17, 15) is 4.79 Å². The Morgan fingerprint density at radius 3 is 2.94 bits per heavy atom. The second-order valence-corrected chi connectivity index (χ2v) is 4.41. The van der Waals surface area contributed by atoms with Crippen LogP contribution in [-0.4, -0.2) is 17.9 Å². The maximum absolute atomic E-state index is 10.9. The molecular formula is C12H16ClNO2. The molecule has 1 rings (SSSR count). The average molecular weight is 242 g/mol. The molecule has 0 aliphatic rings. The molecule has 0 bridgehead atoms. The Morgan fingerprint density at radius 2 is 2.31 bits per heavy atom. The fourth-order valence-corrected chi connectivity index (χ4v) is 1.45. The van der Waals surface area contributed by atoms with E-state index in [2.05, 4.69) is 0 Å². The van der Waals surface area contributed by atoms with Crippen LogP contribution in [0.2, 0.25) is 0 Å². The molecule has 1 unspecified atom stereocenters. The van der Waals surface area contributed by atoms with E-state index in [1.807, 2.05) is 6.92 Å². The zero-order chi connectivity index (χ0) is 12.0. The second-order valence-electron chi connectivity index (χ2n) is 3.66. The van der Waals surface area contributed by atoms with E-state index < -0.39 is 5.91 Å². The SMILES string of the molecule is CC(Cl)CCCOc1cccc(C(N)=O)c1. The third-order valence-electron chi connectivity index (χ3n) is 2.13. The summed E-state index contributed by atoms with van der Waals surface area (Å²) >= 11 is 5.81. The van der Waals surface area contributed by atoms with Crippen LogP contribution < -0.4 is 10.5 Å². The van der Waals surface area contributed by atoms with E-state index in [0.29, 0.717) is 17.9 Å². The first-order valence-corrected chi connectivity index (χ1v) is 5.70. The third kappa shape index (κ3) is 4.53. The zero-order valence-electron chi connectivity index (χ0n) is 9.28. The standard InChI is InChI=1S/C12H16ClNO2/c1-9(13)4-3-7-16-11-6-2-5-10(8-11)12(14)15/h2,5-6,8-9H,3-4,7H2,1H3,(H2,14,15). The predicted molar refractivity (Wildman–Crippen MR) is 65.0 cm³/mol. The molecule has 4 heteroatoms. The van der Waals surface area contributed by atoms with Gasteiger partial charge in [0.25, 0.3) is 0 Å². The molecule has 88 valence electrons. The molecule has 0 aliphatic carbocycles. The Kier molecular flexibility index (Phi) is 5.12. The molecule has 0 spiro atoms. The lowest BCUT2D eigenvalue weighted by Crippen LogP contribution is -2.11. The number of carbonyl (C=O) groups excluding carboxylic acids is 1. The Bertz CT molecular complexity index is 353. The lowest BCUT2D eigenvalue weighted by molar-refractivity contribution is 0.1000. The van der Waals surface area contributed by atoms with Gasteiger partial charge in [-0.3, -0.25) is 4.79 Å². The fourth-order valence-electron chi connectivity index (χ4n) is 1.29. The molecule has 0 heterocycles. The number of hydrogen-bond donors (Lipinski definition) is 1. The van der Waals surface area contributed by atoms with Crippen molar-refractivity contribution in [1.29, 1.82) is 0 Å². The molecule has 3 nitrogen and oxygen atoms in total. The summed E-state index contributed by atoms with van der Waals surface area (Å²) in [6.45, 7) is 2.55. The molecular weight excluding hydrogens is 226 g/mol. The first-order valence-electron chi connectivity index (χ1n) is 5.26. The van der Waals surface area contributed by atoms with Crippen molar-refractivity contribution in [2.45, 2.75) is 25.1 Å². The van der Waals surface area contributed by atoms with E-state index in [1.165, 1.54) is 0 Å². The molecule has 1 atom stereocenters. The van der Waals surface area contributed by atoms with Crippen LogP contribution >= 0.6 is 11.6 Å². The normalized spacial score (nSPS) is 12.1. The molecule has 1 amide bonds. The van der Waals surface area contributed by atoms with Crippen LogP contribution in [0, 0.1) is 0 Å². The van der Waals surface area contributed by atoms with Crippen LogP contribution in [-0.2, 0) is 0 Å². The van der Waals surface area contributed by atoms with Crippen LogP contribution in [0.25, 0.3) is 0 Å². The number of hydrogen-bond acceptors (Lipinski definition) is 2. The van der Waals surface area contributed by atoms with Crippen LogP contribution in [0.5, 0.6) is 5.75 Å². The topological polar surface area (TPSA) is 52.3 Å². The van der Waals surface area contributed by atoms with Crippen molar-refractivity contribution in [3.8, 4) is 5.75 Å². The van der Waals surface area contributed by atoms with Gasteiger partial charge in [0.2, 0.25) is 5.91 Å². The molecule has 0 aromatic heterocycles. The maximum Gasteiger partial charge on any atom is 0.248 e. The van der Waals surface area contributed by atoms with Gasteiger partial charge in [-0.15, -0.1) is 11.6 Å².